The summed E-state index contributed by atoms with van der Waals surface area (Å²) >= 11 is 0. The number of alkyl carbamates (subject to hydrolysis) is 1. The summed E-state index contributed by atoms with van der Waals surface area (Å²) in [5, 5.41) is 2.71. The standard InChI is InChI=1S/C11H19NO4/c1-7-5-9(13)15-6-8(7)12-10(14)16-11(2,3)4/h7-8H,5-6H2,1-4H3,(H,12,14)/t7-,8+/m0/s1. The molecule has 0 aromatic heterocycles. The maximum absolute atomic E-state index is 11.5. The summed E-state index contributed by atoms with van der Waals surface area (Å²) in [6.07, 6.45) is -0.136. The number of nitrogens with one attached hydrogen (secondary N) is 1. The van der Waals surface area contributed by atoms with E-state index in [0.29, 0.717) is 6.42 Å². The van der Waals surface area contributed by atoms with Crippen molar-refractivity contribution in [3.05, 3.63) is 0 Å². The van der Waals surface area contributed by atoms with Crippen LogP contribution < -0.4 is 5.32 Å². The molecule has 1 rings (SSSR count). The van der Waals surface area contributed by atoms with E-state index in [4.69, 9.17) is 9.47 Å². The van der Waals surface area contributed by atoms with Crippen LogP contribution in [0, 0.1) is 5.92 Å². The molecular weight excluding hydrogens is 210 g/mol. The largest absolute Gasteiger partial charge is 0.463 e. The van der Waals surface area contributed by atoms with E-state index >= 15 is 0 Å². The summed E-state index contributed by atoms with van der Waals surface area (Å²) in [4.78, 5) is 22.4. The Morgan fingerprint density at radius 3 is 2.62 bits per heavy atom. The van der Waals surface area contributed by atoms with Gasteiger partial charge in [0.15, 0.2) is 0 Å². The summed E-state index contributed by atoms with van der Waals surface area (Å²) in [6, 6.07) is -0.160. The van der Waals surface area contributed by atoms with Crippen molar-refractivity contribution in [1.29, 1.82) is 0 Å². The Morgan fingerprint density at radius 1 is 1.50 bits per heavy atom. The molecule has 1 fully saturated rings. The highest BCUT2D eigenvalue weighted by Crippen LogP contribution is 2.16. The highest BCUT2D eigenvalue weighted by molar-refractivity contribution is 5.72. The number of cyclic esters (lactones) is 1. The minimum atomic E-state index is -0.515. The summed E-state index contributed by atoms with van der Waals surface area (Å²) < 4.78 is 10.0. The predicted octanol–water partition coefficient (Wildman–Crippen LogP) is 1.46. The van der Waals surface area contributed by atoms with E-state index in [1.165, 1.54) is 0 Å². The third-order valence-corrected chi connectivity index (χ3v) is 2.30. The van der Waals surface area contributed by atoms with Gasteiger partial charge in [0.05, 0.1) is 12.5 Å². The van der Waals surface area contributed by atoms with Gasteiger partial charge in [0, 0.05) is 0 Å². The van der Waals surface area contributed by atoms with Gasteiger partial charge in [-0.3, -0.25) is 4.79 Å². The highest BCUT2D eigenvalue weighted by Gasteiger charge is 2.29. The summed E-state index contributed by atoms with van der Waals surface area (Å²) in [5.74, 6) is -0.136. The lowest BCUT2D eigenvalue weighted by atomic mass is 9.97. The summed E-state index contributed by atoms with van der Waals surface area (Å²) in [6.45, 7) is 7.53. The van der Waals surface area contributed by atoms with E-state index in [1.807, 2.05) is 6.92 Å². The van der Waals surface area contributed by atoms with Gasteiger partial charge in [-0.25, -0.2) is 4.79 Å². The predicted molar refractivity (Wildman–Crippen MR) is 57.9 cm³/mol. The molecule has 2 atom stereocenters. The second kappa shape index (κ2) is 4.72. The lowest BCUT2D eigenvalue weighted by molar-refractivity contribution is -0.150. The van der Waals surface area contributed by atoms with Gasteiger partial charge in [-0.05, 0) is 26.7 Å². The molecular formula is C11H19NO4. The normalized spacial score (nSPS) is 25.9. The summed E-state index contributed by atoms with van der Waals surface area (Å²) in [7, 11) is 0. The fourth-order valence-corrected chi connectivity index (χ4v) is 1.45. The number of hydrogen-bond acceptors (Lipinski definition) is 4. The van der Waals surface area contributed by atoms with Crippen LogP contribution in [0.4, 0.5) is 4.79 Å². The van der Waals surface area contributed by atoms with E-state index in [0.717, 1.165) is 0 Å². The third kappa shape index (κ3) is 4.08. The lowest BCUT2D eigenvalue weighted by Crippen LogP contribution is -2.48. The van der Waals surface area contributed by atoms with Crippen molar-refractivity contribution in [3.8, 4) is 0 Å². The van der Waals surface area contributed by atoms with Crippen molar-refractivity contribution < 1.29 is 19.1 Å². The van der Waals surface area contributed by atoms with Crippen LogP contribution in [0.5, 0.6) is 0 Å². The second-order valence-electron chi connectivity index (χ2n) is 5.12. The second-order valence-corrected chi connectivity index (χ2v) is 5.12. The van der Waals surface area contributed by atoms with Gasteiger partial charge in [0.2, 0.25) is 0 Å². The van der Waals surface area contributed by atoms with Gasteiger partial charge in [0.25, 0.3) is 0 Å². The zero-order valence-corrected chi connectivity index (χ0v) is 10.2. The molecule has 1 saturated heterocycles. The molecule has 1 N–H and O–H groups in total. The van der Waals surface area contributed by atoms with E-state index in [9.17, 15) is 9.59 Å². The molecule has 0 bridgehead atoms. The van der Waals surface area contributed by atoms with E-state index in [1.54, 1.807) is 20.8 Å². The fourth-order valence-electron chi connectivity index (χ4n) is 1.45. The lowest BCUT2D eigenvalue weighted by Gasteiger charge is -2.29. The van der Waals surface area contributed by atoms with E-state index in [2.05, 4.69) is 5.32 Å². The summed E-state index contributed by atoms with van der Waals surface area (Å²) in [5.41, 5.74) is -0.515. The zero-order valence-electron chi connectivity index (χ0n) is 10.2. The van der Waals surface area contributed by atoms with Crippen LogP contribution in [0.1, 0.15) is 34.1 Å². The maximum atomic E-state index is 11.5. The molecule has 5 heteroatoms. The zero-order chi connectivity index (χ0) is 12.3. The van der Waals surface area contributed by atoms with Crippen molar-refractivity contribution in [2.75, 3.05) is 6.61 Å². The Balaban J connectivity index is 2.42. The van der Waals surface area contributed by atoms with Crippen molar-refractivity contribution in [1.82, 2.24) is 5.32 Å². The average Bonchev–Trinajstić information content (AvgIpc) is 2.06. The van der Waals surface area contributed by atoms with Gasteiger partial charge in [-0.15, -0.1) is 0 Å². The van der Waals surface area contributed by atoms with E-state index < -0.39 is 11.7 Å². The molecule has 0 aromatic rings. The first-order valence-electron chi connectivity index (χ1n) is 5.43. The Labute approximate surface area is 95.5 Å². The minimum Gasteiger partial charge on any atom is -0.463 e. The van der Waals surface area contributed by atoms with Gasteiger partial charge in [-0.1, -0.05) is 6.92 Å². The fraction of sp³-hybridized carbons (Fsp3) is 0.818. The molecule has 1 aliphatic heterocycles. The van der Waals surface area contributed by atoms with Crippen LogP contribution in [0.15, 0.2) is 0 Å². The Hall–Kier alpha value is -1.26. The first kappa shape index (κ1) is 12.8. The van der Waals surface area contributed by atoms with Gasteiger partial charge in [-0.2, -0.15) is 0 Å². The van der Waals surface area contributed by atoms with E-state index in [-0.39, 0.29) is 24.5 Å². The van der Waals surface area contributed by atoms with Gasteiger partial charge >= 0.3 is 12.1 Å². The Bertz CT molecular complexity index is 282. The molecule has 1 amide bonds. The SMILES string of the molecule is C[C@H]1CC(=O)OC[C@H]1NC(=O)OC(C)(C)C. The molecule has 1 heterocycles. The van der Waals surface area contributed by atoms with Crippen molar-refractivity contribution in [3.63, 3.8) is 0 Å². The molecule has 0 spiro atoms. The number of esters is 1. The molecule has 0 aliphatic carbocycles. The average molecular weight is 229 g/mol. The maximum Gasteiger partial charge on any atom is 0.408 e. The smallest absolute Gasteiger partial charge is 0.408 e. The number of hydrogen-bond donors (Lipinski definition) is 1. The van der Waals surface area contributed by atoms with Crippen LogP contribution >= 0.6 is 0 Å². The molecule has 5 nitrogen and oxygen atoms in total. The first-order chi connectivity index (χ1) is 7.28. The number of carbonyl (C=O) groups excluding carboxylic acids is 2. The molecule has 92 valence electrons. The number of amides is 1. The first-order valence-corrected chi connectivity index (χ1v) is 5.43. The molecule has 0 saturated carbocycles. The van der Waals surface area contributed by atoms with Crippen molar-refractivity contribution in [2.45, 2.75) is 45.8 Å². The molecule has 0 aromatic carbocycles. The van der Waals surface area contributed by atoms with Crippen molar-refractivity contribution >= 4 is 12.1 Å². The Kier molecular flexibility index (Phi) is 3.78. The quantitative estimate of drug-likeness (QED) is 0.691. The highest BCUT2D eigenvalue weighted by atomic mass is 16.6. The minimum absolute atomic E-state index is 0.0776. The molecule has 16 heavy (non-hydrogen) atoms. The third-order valence-electron chi connectivity index (χ3n) is 2.30. The number of carbonyl (C=O) groups is 2. The van der Waals surface area contributed by atoms with Crippen LogP contribution in [-0.2, 0) is 14.3 Å². The number of ether oxygens (including phenoxy) is 2. The molecule has 0 radical (unpaired) electrons. The van der Waals surface area contributed by atoms with Crippen LogP contribution in [-0.4, -0.2) is 30.3 Å². The van der Waals surface area contributed by atoms with Crippen LogP contribution in [0.2, 0.25) is 0 Å². The Morgan fingerprint density at radius 2 is 2.12 bits per heavy atom. The molecule has 0 unspecified atom stereocenters. The van der Waals surface area contributed by atoms with Crippen LogP contribution in [0.25, 0.3) is 0 Å². The van der Waals surface area contributed by atoms with Gasteiger partial charge in [0.1, 0.15) is 12.2 Å². The van der Waals surface area contributed by atoms with Crippen LogP contribution in [0.3, 0.4) is 0 Å². The monoisotopic (exact) mass is 229 g/mol. The van der Waals surface area contributed by atoms with Gasteiger partial charge < -0.3 is 14.8 Å². The van der Waals surface area contributed by atoms with Crippen molar-refractivity contribution in [2.24, 2.45) is 5.92 Å². The molecule has 1 aliphatic rings. The number of rotatable bonds is 1. The topological polar surface area (TPSA) is 64.6 Å².